The lowest BCUT2D eigenvalue weighted by atomic mass is 10.2. The Kier molecular flexibility index (Phi) is 3.97. The average Bonchev–Trinajstić information content (AvgIpc) is 2.37. The summed E-state index contributed by atoms with van der Waals surface area (Å²) in [6.07, 6.45) is 0. The molecule has 1 amide bonds. The maximum atomic E-state index is 11.0. The Labute approximate surface area is 112 Å². The molecule has 0 aliphatic carbocycles. The third-order valence-corrected chi connectivity index (χ3v) is 2.64. The van der Waals surface area contributed by atoms with Gasteiger partial charge in [-0.1, -0.05) is 6.07 Å². The van der Waals surface area contributed by atoms with E-state index >= 15 is 0 Å². The van der Waals surface area contributed by atoms with Crippen molar-refractivity contribution in [1.82, 2.24) is 9.88 Å². The van der Waals surface area contributed by atoms with E-state index in [9.17, 15) is 4.79 Å². The SMILES string of the molecule is CN(C)CCOc1c[c]c2nc(C(N)=O)ccc2c1. The number of primary amides is 1. The second kappa shape index (κ2) is 5.67. The second-order valence-electron chi connectivity index (χ2n) is 4.49. The smallest absolute Gasteiger partial charge is 0.267 e. The van der Waals surface area contributed by atoms with Crippen molar-refractivity contribution >= 4 is 16.8 Å². The normalized spacial score (nSPS) is 10.9. The zero-order valence-electron chi connectivity index (χ0n) is 11.0. The Morgan fingerprint density at radius 1 is 1.47 bits per heavy atom. The molecular weight excluding hydrogens is 242 g/mol. The standard InChI is InChI=1S/C14H16N3O2/c1-17(2)7-8-19-11-4-6-12-10(9-11)3-5-13(16-12)14(15)18/h3-5,9H,7-8H2,1-2H3,(H2,15,18). The molecule has 0 aliphatic rings. The topological polar surface area (TPSA) is 68.4 Å². The van der Waals surface area contributed by atoms with Crippen LogP contribution in [0.4, 0.5) is 0 Å². The third kappa shape index (κ3) is 3.42. The number of amides is 1. The van der Waals surface area contributed by atoms with Crippen molar-refractivity contribution in [1.29, 1.82) is 0 Å². The minimum atomic E-state index is -0.540. The van der Waals surface area contributed by atoms with Gasteiger partial charge in [0.15, 0.2) is 0 Å². The highest BCUT2D eigenvalue weighted by molar-refractivity contribution is 5.93. The third-order valence-electron chi connectivity index (χ3n) is 2.64. The van der Waals surface area contributed by atoms with Crippen LogP contribution in [0.15, 0.2) is 24.3 Å². The fraction of sp³-hybridized carbons (Fsp3) is 0.286. The van der Waals surface area contributed by atoms with Crippen LogP contribution >= 0.6 is 0 Å². The van der Waals surface area contributed by atoms with Gasteiger partial charge in [0, 0.05) is 18.0 Å². The van der Waals surface area contributed by atoms with Gasteiger partial charge in [-0.15, -0.1) is 0 Å². The highest BCUT2D eigenvalue weighted by Gasteiger charge is 2.05. The van der Waals surface area contributed by atoms with Crippen LogP contribution in [0.5, 0.6) is 5.75 Å². The van der Waals surface area contributed by atoms with Gasteiger partial charge >= 0.3 is 0 Å². The van der Waals surface area contributed by atoms with Gasteiger partial charge < -0.3 is 15.4 Å². The van der Waals surface area contributed by atoms with E-state index in [4.69, 9.17) is 10.5 Å². The van der Waals surface area contributed by atoms with E-state index in [1.54, 1.807) is 18.2 Å². The first-order valence-electron chi connectivity index (χ1n) is 5.96. The molecule has 0 saturated heterocycles. The maximum Gasteiger partial charge on any atom is 0.267 e. The molecule has 0 spiro atoms. The van der Waals surface area contributed by atoms with Gasteiger partial charge in [-0.25, -0.2) is 4.98 Å². The summed E-state index contributed by atoms with van der Waals surface area (Å²) in [6, 6.07) is 9.98. The number of carbonyl (C=O) groups is 1. The molecular formula is C14H16N3O2. The number of benzene rings is 1. The molecule has 0 unspecified atom stereocenters. The summed E-state index contributed by atoms with van der Waals surface area (Å²) in [5.74, 6) is 0.199. The molecule has 2 N–H and O–H groups in total. The van der Waals surface area contributed by atoms with Crippen LogP contribution in [0, 0.1) is 6.07 Å². The largest absolute Gasteiger partial charge is 0.492 e. The number of rotatable bonds is 5. The molecule has 1 aromatic carbocycles. The molecule has 99 valence electrons. The fourth-order valence-electron chi connectivity index (χ4n) is 1.60. The van der Waals surface area contributed by atoms with Crippen LogP contribution in [0.1, 0.15) is 10.5 Å². The minimum Gasteiger partial charge on any atom is -0.492 e. The summed E-state index contributed by atoms with van der Waals surface area (Å²) in [5.41, 5.74) is 6.03. The molecule has 0 aliphatic heterocycles. The number of aromatic nitrogens is 1. The zero-order chi connectivity index (χ0) is 13.8. The molecule has 0 fully saturated rings. The van der Waals surface area contributed by atoms with Crippen molar-refractivity contribution in [2.45, 2.75) is 0 Å². The molecule has 2 rings (SSSR count). The van der Waals surface area contributed by atoms with Crippen LogP contribution < -0.4 is 10.5 Å². The second-order valence-corrected chi connectivity index (χ2v) is 4.49. The molecule has 19 heavy (non-hydrogen) atoms. The Bertz CT molecular complexity index is 596. The van der Waals surface area contributed by atoms with Crippen molar-refractivity contribution in [2.75, 3.05) is 27.2 Å². The van der Waals surface area contributed by atoms with Crippen LogP contribution in [0.3, 0.4) is 0 Å². The fourth-order valence-corrected chi connectivity index (χ4v) is 1.60. The predicted molar refractivity (Wildman–Crippen MR) is 73.1 cm³/mol. The monoisotopic (exact) mass is 258 g/mol. The summed E-state index contributed by atoms with van der Waals surface area (Å²) in [5, 5.41) is 0.868. The van der Waals surface area contributed by atoms with Gasteiger partial charge in [0.05, 0.1) is 5.52 Å². The zero-order valence-corrected chi connectivity index (χ0v) is 11.0. The average molecular weight is 258 g/mol. The van der Waals surface area contributed by atoms with Gasteiger partial charge in [-0.05, 0) is 32.3 Å². The highest BCUT2D eigenvalue weighted by atomic mass is 16.5. The van der Waals surface area contributed by atoms with E-state index in [-0.39, 0.29) is 5.69 Å². The summed E-state index contributed by atoms with van der Waals surface area (Å²) < 4.78 is 5.61. The van der Waals surface area contributed by atoms with Gasteiger partial charge in [0.1, 0.15) is 18.1 Å². The van der Waals surface area contributed by atoms with E-state index in [0.29, 0.717) is 12.1 Å². The van der Waals surface area contributed by atoms with Gasteiger partial charge in [-0.3, -0.25) is 4.79 Å². The van der Waals surface area contributed by atoms with E-state index in [1.165, 1.54) is 0 Å². The maximum absolute atomic E-state index is 11.0. The Hall–Kier alpha value is -2.14. The van der Waals surface area contributed by atoms with E-state index < -0.39 is 5.91 Å². The Morgan fingerprint density at radius 3 is 2.95 bits per heavy atom. The minimum absolute atomic E-state index is 0.241. The van der Waals surface area contributed by atoms with E-state index in [1.807, 2.05) is 25.1 Å². The molecule has 5 heteroatoms. The van der Waals surface area contributed by atoms with Crippen molar-refractivity contribution in [3.8, 4) is 5.75 Å². The predicted octanol–water partition coefficient (Wildman–Crippen LogP) is 1.07. The quantitative estimate of drug-likeness (QED) is 0.871. The summed E-state index contributed by atoms with van der Waals surface area (Å²) in [7, 11) is 3.98. The molecule has 1 aromatic heterocycles. The van der Waals surface area contributed by atoms with Gasteiger partial charge in [0.2, 0.25) is 0 Å². The summed E-state index contributed by atoms with van der Waals surface area (Å²) >= 11 is 0. The van der Waals surface area contributed by atoms with Crippen molar-refractivity contribution in [3.05, 3.63) is 36.0 Å². The Morgan fingerprint density at radius 2 is 2.26 bits per heavy atom. The number of hydrogen-bond donors (Lipinski definition) is 1. The Balaban J connectivity index is 2.17. The molecule has 0 saturated carbocycles. The number of fused-ring (bicyclic) bond motifs is 1. The highest BCUT2D eigenvalue weighted by Crippen LogP contribution is 2.19. The van der Waals surface area contributed by atoms with Crippen LogP contribution in [-0.2, 0) is 0 Å². The lowest BCUT2D eigenvalue weighted by molar-refractivity contribution is 0.0996. The number of ether oxygens (including phenoxy) is 1. The first-order valence-corrected chi connectivity index (χ1v) is 5.96. The number of hydrogen-bond acceptors (Lipinski definition) is 4. The first-order chi connectivity index (χ1) is 9.06. The van der Waals surface area contributed by atoms with Crippen LogP contribution in [0.2, 0.25) is 0 Å². The van der Waals surface area contributed by atoms with Crippen molar-refractivity contribution in [3.63, 3.8) is 0 Å². The summed E-state index contributed by atoms with van der Waals surface area (Å²) in [4.78, 5) is 17.2. The van der Waals surface area contributed by atoms with E-state index in [2.05, 4.69) is 11.1 Å². The number of nitrogens with two attached hydrogens (primary N) is 1. The number of carbonyl (C=O) groups excluding carboxylic acids is 1. The molecule has 0 atom stereocenters. The van der Waals surface area contributed by atoms with Crippen molar-refractivity contribution < 1.29 is 9.53 Å². The van der Waals surface area contributed by atoms with Gasteiger partial charge in [0.25, 0.3) is 5.91 Å². The first kappa shape index (κ1) is 13.3. The molecule has 0 bridgehead atoms. The molecule has 1 radical (unpaired) electrons. The lowest BCUT2D eigenvalue weighted by Crippen LogP contribution is -2.19. The number of nitrogens with zero attached hydrogens (tertiary/aromatic N) is 2. The number of likely N-dealkylation sites (N-methyl/N-ethyl adjacent to an activating group) is 1. The van der Waals surface area contributed by atoms with E-state index in [0.717, 1.165) is 17.7 Å². The molecule has 5 nitrogen and oxygen atoms in total. The lowest BCUT2D eigenvalue weighted by Gasteiger charge is -2.11. The van der Waals surface area contributed by atoms with Crippen LogP contribution in [-0.4, -0.2) is 43.0 Å². The molecule has 1 heterocycles. The number of pyridine rings is 1. The van der Waals surface area contributed by atoms with Gasteiger partial charge in [-0.2, -0.15) is 0 Å². The van der Waals surface area contributed by atoms with Crippen LogP contribution in [0.25, 0.3) is 10.9 Å². The van der Waals surface area contributed by atoms with Crippen molar-refractivity contribution in [2.24, 2.45) is 5.73 Å². The molecule has 2 aromatic rings. The summed E-state index contributed by atoms with van der Waals surface area (Å²) in [6.45, 7) is 1.45.